The van der Waals surface area contributed by atoms with E-state index < -0.39 is 0 Å². The molecule has 0 spiro atoms. The molecule has 2 nitrogen and oxygen atoms in total. The van der Waals surface area contributed by atoms with Crippen LogP contribution >= 0.6 is 0 Å². The van der Waals surface area contributed by atoms with Crippen molar-refractivity contribution < 1.29 is 9.53 Å². The molecule has 0 aromatic heterocycles. The molecule has 3 radical (unpaired) electrons. The highest BCUT2D eigenvalue weighted by atomic mass is 28.1. The van der Waals surface area contributed by atoms with E-state index in [1.165, 1.54) is 7.11 Å². The molecule has 0 unspecified atom stereocenters. The monoisotopic (exact) mass is 155 g/mol. The van der Waals surface area contributed by atoms with Gasteiger partial charge in [-0.1, -0.05) is 6.04 Å². The van der Waals surface area contributed by atoms with E-state index >= 15 is 0 Å². The van der Waals surface area contributed by atoms with Crippen LogP contribution in [0.1, 0.15) is 12.8 Å². The smallest absolute Gasteiger partial charge is 0.308 e. The van der Waals surface area contributed by atoms with E-state index in [0.29, 0.717) is 5.92 Å². The topological polar surface area (TPSA) is 26.3 Å². The largest absolute Gasteiger partial charge is 0.469 e. The Bertz CT molecular complexity index is 134. The summed E-state index contributed by atoms with van der Waals surface area (Å²) in [6.45, 7) is 0. The van der Waals surface area contributed by atoms with Gasteiger partial charge < -0.3 is 4.74 Å². The summed E-state index contributed by atoms with van der Waals surface area (Å²) in [4.78, 5) is 10.9. The Morgan fingerprint density at radius 2 is 2.40 bits per heavy atom. The first-order valence-electron chi connectivity index (χ1n) is 3.52. The van der Waals surface area contributed by atoms with Crippen LogP contribution in [0.15, 0.2) is 0 Å². The van der Waals surface area contributed by atoms with Gasteiger partial charge in [-0.25, -0.2) is 0 Å². The highest BCUT2D eigenvalue weighted by molar-refractivity contribution is 6.08. The van der Waals surface area contributed by atoms with Gasteiger partial charge in [-0.05, 0) is 18.8 Å². The highest BCUT2D eigenvalue weighted by Gasteiger charge is 2.35. The van der Waals surface area contributed by atoms with Crippen LogP contribution in [0, 0.1) is 11.8 Å². The third-order valence-corrected chi connectivity index (χ3v) is 2.71. The van der Waals surface area contributed by atoms with Crippen LogP contribution in [0.2, 0.25) is 6.04 Å². The summed E-state index contributed by atoms with van der Waals surface area (Å²) < 4.78 is 4.63. The van der Waals surface area contributed by atoms with Gasteiger partial charge in [0, 0.05) is 10.2 Å². The third kappa shape index (κ3) is 1.23. The van der Waals surface area contributed by atoms with Crippen molar-refractivity contribution in [2.45, 2.75) is 18.9 Å². The molecular formula is C7H11O2Si. The van der Waals surface area contributed by atoms with Gasteiger partial charge in [-0.2, -0.15) is 0 Å². The van der Waals surface area contributed by atoms with Gasteiger partial charge >= 0.3 is 5.97 Å². The Balaban J connectivity index is 2.35. The lowest BCUT2D eigenvalue weighted by atomic mass is 9.75. The second-order valence-corrected chi connectivity index (χ2v) is 3.08. The summed E-state index contributed by atoms with van der Waals surface area (Å²) in [5.41, 5.74) is 0. The zero-order valence-corrected chi connectivity index (χ0v) is 7.09. The van der Waals surface area contributed by atoms with Crippen molar-refractivity contribution in [2.75, 3.05) is 7.11 Å². The predicted molar refractivity (Wildman–Crippen MR) is 38.8 cm³/mol. The molecule has 10 heavy (non-hydrogen) atoms. The summed E-state index contributed by atoms with van der Waals surface area (Å²) in [7, 11) is 4.85. The van der Waals surface area contributed by atoms with Gasteiger partial charge in [0.05, 0.1) is 13.0 Å². The van der Waals surface area contributed by atoms with E-state index in [9.17, 15) is 4.79 Å². The van der Waals surface area contributed by atoms with Gasteiger partial charge in [0.2, 0.25) is 0 Å². The minimum Gasteiger partial charge on any atom is -0.469 e. The van der Waals surface area contributed by atoms with Gasteiger partial charge in [-0.3, -0.25) is 4.79 Å². The lowest BCUT2D eigenvalue weighted by Crippen LogP contribution is -2.33. The van der Waals surface area contributed by atoms with Crippen LogP contribution in [-0.2, 0) is 9.53 Å². The maximum Gasteiger partial charge on any atom is 0.308 e. The standard InChI is InChI=1S/C7H11O2Si/c1-9-7(8)6-3-2-5(6)4-10/h5-6H,2-4H2,1H3/t5-,6+/m1/s1. The lowest BCUT2D eigenvalue weighted by Gasteiger charge is -2.33. The molecule has 55 valence electrons. The van der Waals surface area contributed by atoms with Gasteiger partial charge in [0.25, 0.3) is 0 Å². The molecule has 2 atom stereocenters. The average molecular weight is 155 g/mol. The number of methoxy groups -OCH3 is 1. The molecule has 0 amide bonds. The molecule has 0 saturated heterocycles. The minimum atomic E-state index is -0.0468. The number of ether oxygens (including phenoxy) is 1. The molecule has 1 saturated carbocycles. The van der Waals surface area contributed by atoms with Crippen molar-refractivity contribution in [3.63, 3.8) is 0 Å². The quantitative estimate of drug-likeness (QED) is 0.435. The Morgan fingerprint density at radius 3 is 2.70 bits per heavy atom. The van der Waals surface area contributed by atoms with E-state index in [1.807, 2.05) is 0 Å². The van der Waals surface area contributed by atoms with Gasteiger partial charge in [0.15, 0.2) is 0 Å². The summed E-state index contributed by atoms with van der Waals surface area (Å²) in [6.07, 6.45) is 2.16. The number of hydrogen-bond donors (Lipinski definition) is 0. The Labute approximate surface area is 64.4 Å². The van der Waals surface area contributed by atoms with Crippen molar-refractivity contribution in [1.29, 1.82) is 0 Å². The SMILES string of the molecule is COC(=O)[C@H]1CC[C@@H]1C[Si]. The lowest BCUT2D eigenvalue weighted by molar-refractivity contribution is -0.151. The molecular weight excluding hydrogens is 144 g/mol. The third-order valence-electron chi connectivity index (χ3n) is 2.18. The van der Waals surface area contributed by atoms with Crippen LogP contribution < -0.4 is 0 Å². The summed E-state index contributed by atoms with van der Waals surface area (Å²) in [6, 6.07) is 0.916. The van der Waals surface area contributed by atoms with Crippen molar-refractivity contribution in [1.82, 2.24) is 0 Å². The van der Waals surface area contributed by atoms with Crippen LogP contribution in [0.25, 0.3) is 0 Å². The van der Waals surface area contributed by atoms with E-state index in [0.717, 1.165) is 18.9 Å². The van der Waals surface area contributed by atoms with E-state index in [4.69, 9.17) is 0 Å². The van der Waals surface area contributed by atoms with E-state index in [2.05, 4.69) is 15.0 Å². The molecule has 0 aromatic carbocycles. The van der Waals surface area contributed by atoms with Gasteiger partial charge in [0.1, 0.15) is 0 Å². The normalized spacial score (nSPS) is 31.0. The number of hydrogen-bond acceptors (Lipinski definition) is 2. The first kappa shape index (κ1) is 7.79. The number of esters is 1. The molecule has 1 rings (SSSR count). The molecule has 0 N–H and O–H groups in total. The Kier molecular flexibility index (Phi) is 2.48. The molecule has 1 aliphatic rings. The summed E-state index contributed by atoms with van der Waals surface area (Å²) in [5, 5.41) is 0. The maximum atomic E-state index is 10.9. The first-order valence-corrected chi connectivity index (χ1v) is 4.22. The van der Waals surface area contributed by atoms with E-state index in [-0.39, 0.29) is 11.9 Å². The predicted octanol–water partition coefficient (Wildman–Crippen LogP) is 0.772. The van der Waals surface area contributed by atoms with Crippen molar-refractivity contribution in [2.24, 2.45) is 11.8 Å². The molecule has 0 heterocycles. The maximum absolute atomic E-state index is 10.9. The second kappa shape index (κ2) is 3.19. The van der Waals surface area contributed by atoms with Crippen molar-refractivity contribution >= 4 is 16.2 Å². The fourth-order valence-electron chi connectivity index (χ4n) is 1.28. The Morgan fingerprint density at radius 1 is 1.70 bits per heavy atom. The summed E-state index contributed by atoms with van der Waals surface area (Å²) >= 11 is 0. The molecule has 1 aliphatic carbocycles. The van der Waals surface area contributed by atoms with Crippen LogP contribution in [0.5, 0.6) is 0 Å². The molecule has 0 bridgehead atoms. The molecule has 1 fully saturated rings. The number of carbonyl (C=O) groups excluding carboxylic acids is 1. The average Bonchev–Trinajstić information content (AvgIpc) is 1.86. The second-order valence-electron chi connectivity index (χ2n) is 2.67. The van der Waals surface area contributed by atoms with Crippen LogP contribution in [0.3, 0.4) is 0 Å². The zero-order chi connectivity index (χ0) is 7.56. The number of rotatable bonds is 2. The van der Waals surface area contributed by atoms with Crippen molar-refractivity contribution in [3.8, 4) is 0 Å². The van der Waals surface area contributed by atoms with Gasteiger partial charge in [-0.15, -0.1) is 0 Å². The molecule has 3 heteroatoms. The van der Waals surface area contributed by atoms with Crippen molar-refractivity contribution in [3.05, 3.63) is 0 Å². The summed E-state index contributed by atoms with van der Waals surface area (Å²) in [5.74, 6) is 0.640. The van der Waals surface area contributed by atoms with Crippen LogP contribution in [-0.4, -0.2) is 23.3 Å². The Hall–Kier alpha value is -0.313. The molecule has 0 aliphatic heterocycles. The fraction of sp³-hybridized carbons (Fsp3) is 0.857. The first-order chi connectivity index (χ1) is 4.79. The number of carbonyl (C=O) groups is 1. The zero-order valence-electron chi connectivity index (χ0n) is 6.09. The minimum absolute atomic E-state index is 0.0468. The van der Waals surface area contributed by atoms with E-state index in [1.54, 1.807) is 0 Å². The molecule has 0 aromatic rings. The van der Waals surface area contributed by atoms with Crippen LogP contribution in [0.4, 0.5) is 0 Å². The fourth-order valence-corrected chi connectivity index (χ4v) is 1.76. The highest BCUT2D eigenvalue weighted by Crippen LogP contribution is 2.36.